The number of cyclic esters (lactones) is 1. The van der Waals surface area contributed by atoms with E-state index >= 15 is 0 Å². The lowest BCUT2D eigenvalue weighted by atomic mass is 9.86. The van der Waals surface area contributed by atoms with E-state index in [1.165, 1.54) is 0 Å². The van der Waals surface area contributed by atoms with Gasteiger partial charge in [-0.05, 0) is 55.5 Å². The number of fused-ring (bicyclic) bond motifs is 5. The third kappa shape index (κ3) is 3.14. The minimum atomic E-state index is -1.83. The van der Waals surface area contributed by atoms with Crippen LogP contribution in [0.2, 0.25) is 0 Å². The zero-order chi connectivity index (χ0) is 23.5. The van der Waals surface area contributed by atoms with E-state index in [0.29, 0.717) is 41.9 Å². The molecule has 1 N–H and O–H groups in total. The van der Waals surface area contributed by atoms with Gasteiger partial charge in [0.05, 0.1) is 29.0 Å². The average molecular weight is 447 g/mol. The zero-order valence-electron chi connectivity index (χ0n) is 19.0. The molecule has 0 unspecified atom stereocenters. The Morgan fingerprint density at radius 2 is 2.00 bits per heavy atom. The van der Waals surface area contributed by atoms with Crippen molar-refractivity contribution in [3.63, 3.8) is 0 Å². The first-order valence-corrected chi connectivity index (χ1v) is 11.4. The molecule has 1 aromatic carbocycles. The molecule has 0 spiro atoms. The number of hydrogen-bond acceptors (Lipinski definition) is 6. The number of benzene rings is 1. The van der Waals surface area contributed by atoms with E-state index in [9.17, 15) is 19.5 Å². The molecule has 0 aliphatic carbocycles. The number of aryl methyl sites for hydroxylation is 2. The van der Waals surface area contributed by atoms with Gasteiger partial charge >= 0.3 is 5.97 Å². The van der Waals surface area contributed by atoms with Crippen molar-refractivity contribution in [3.05, 3.63) is 62.4 Å². The van der Waals surface area contributed by atoms with Crippen LogP contribution in [0, 0.1) is 0 Å². The lowest BCUT2D eigenvalue weighted by Crippen LogP contribution is -2.44. The van der Waals surface area contributed by atoms with Crippen molar-refractivity contribution in [2.24, 2.45) is 0 Å². The first-order chi connectivity index (χ1) is 15.8. The molecule has 2 aliphatic heterocycles. The van der Waals surface area contributed by atoms with Gasteiger partial charge in [0.25, 0.3) is 5.56 Å². The molecule has 3 aromatic rings. The summed E-state index contributed by atoms with van der Waals surface area (Å²) in [6, 6.07) is 7.80. The Morgan fingerprint density at radius 1 is 1.21 bits per heavy atom. The summed E-state index contributed by atoms with van der Waals surface area (Å²) in [6.45, 7) is 5.62. The number of esters is 1. The van der Waals surface area contributed by atoms with E-state index in [1.807, 2.05) is 12.1 Å². The SMILES string of the molecule is CCc1c2c(nc3ccc(CCC(C)=O)cc13)-c1cc3c(c(=O)n1C2)COC(=O)[C@]3(O)CC. The molecule has 2 aliphatic rings. The van der Waals surface area contributed by atoms with Gasteiger partial charge in [-0.15, -0.1) is 0 Å². The van der Waals surface area contributed by atoms with Crippen molar-refractivity contribution < 1.29 is 19.4 Å². The van der Waals surface area contributed by atoms with Crippen LogP contribution in [0.15, 0.2) is 29.1 Å². The first kappa shape index (κ1) is 21.5. The molecular formula is C26H26N2O5. The summed E-state index contributed by atoms with van der Waals surface area (Å²) >= 11 is 0. The second-order valence-corrected chi connectivity index (χ2v) is 8.93. The van der Waals surface area contributed by atoms with E-state index < -0.39 is 11.6 Å². The summed E-state index contributed by atoms with van der Waals surface area (Å²) in [4.78, 5) is 42.1. The molecule has 33 heavy (non-hydrogen) atoms. The van der Waals surface area contributed by atoms with Gasteiger partial charge in [-0.2, -0.15) is 0 Å². The molecule has 170 valence electrons. The van der Waals surface area contributed by atoms with E-state index in [1.54, 1.807) is 24.5 Å². The van der Waals surface area contributed by atoms with Crippen molar-refractivity contribution in [3.8, 4) is 11.4 Å². The zero-order valence-corrected chi connectivity index (χ0v) is 19.0. The number of carbonyl (C=O) groups excluding carboxylic acids is 2. The molecule has 2 aromatic heterocycles. The predicted molar refractivity (Wildman–Crippen MR) is 123 cm³/mol. The van der Waals surface area contributed by atoms with Crippen molar-refractivity contribution in [2.75, 3.05) is 0 Å². The Balaban J connectivity index is 1.71. The van der Waals surface area contributed by atoms with Gasteiger partial charge in [-0.3, -0.25) is 4.79 Å². The second-order valence-electron chi connectivity index (χ2n) is 8.93. The summed E-state index contributed by atoms with van der Waals surface area (Å²) in [5.74, 6) is -0.565. The van der Waals surface area contributed by atoms with Crippen LogP contribution in [0.4, 0.5) is 0 Å². The summed E-state index contributed by atoms with van der Waals surface area (Å²) in [7, 11) is 0. The van der Waals surface area contributed by atoms with Crippen LogP contribution >= 0.6 is 0 Å². The minimum Gasteiger partial charge on any atom is -0.458 e. The maximum absolute atomic E-state index is 13.4. The van der Waals surface area contributed by atoms with Crippen molar-refractivity contribution >= 4 is 22.7 Å². The number of hydrogen-bond donors (Lipinski definition) is 1. The Morgan fingerprint density at radius 3 is 2.70 bits per heavy atom. The van der Waals surface area contributed by atoms with E-state index in [2.05, 4.69) is 13.0 Å². The molecule has 7 heteroatoms. The lowest BCUT2D eigenvalue weighted by molar-refractivity contribution is -0.172. The summed E-state index contributed by atoms with van der Waals surface area (Å²) < 4.78 is 6.81. The van der Waals surface area contributed by atoms with Gasteiger partial charge in [-0.1, -0.05) is 19.9 Å². The standard InChI is InChI=1S/C26H26N2O5/c1-4-16-17-10-15(7-6-14(3)29)8-9-21(17)27-23-18(16)12-28-22(23)11-20-19(24(28)30)13-33-25(31)26(20,32)5-2/h8-11,32H,4-7,12-13H2,1-3H3/t26-/m0/s1. The molecule has 5 rings (SSSR count). The fourth-order valence-corrected chi connectivity index (χ4v) is 5.09. The highest BCUT2D eigenvalue weighted by molar-refractivity contribution is 5.89. The van der Waals surface area contributed by atoms with Crippen LogP contribution in [0.1, 0.15) is 61.4 Å². The molecule has 1 atom stereocenters. The van der Waals surface area contributed by atoms with Crippen LogP contribution in [0.5, 0.6) is 0 Å². The maximum Gasteiger partial charge on any atom is 0.343 e. The van der Waals surface area contributed by atoms with Crippen LogP contribution < -0.4 is 5.56 Å². The number of Topliss-reactive ketones (excluding diaryl/α,β-unsaturated/α-hetero) is 1. The summed E-state index contributed by atoms with van der Waals surface area (Å²) in [5.41, 5.74) is 3.91. The van der Waals surface area contributed by atoms with Crippen LogP contribution in [0.3, 0.4) is 0 Å². The first-order valence-electron chi connectivity index (χ1n) is 11.4. The highest BCUT2D eigenvalue weighted by Gasteiger charge is 2.45. The molecule has 0 bridgehead atoms. The van der Waals surface area contributed by atoms with Gasteiger partial charge in [0.1, 0.15) is 12.4 Å². The Kier molecular flexibility index (Phi) is 4.97. The highest BCUT2D eigenvalue weighted by atomic mass is 16.6. The van der Waals surface area contributed by atoms with Crippen LogP contribution in [-0.2, 0) is 45.9 Å². The normalized spacial score (nSPS) is 18.6. The Bertz CT molecular complexity index is 1400. The Labute approximate surface area is 191 Å². The molecule has 0 amide bonds. The number of ether oxygens (including phenoxy) is 1. The third-order valence-electron chi connectivity index (χ3n) is 6.99. The Hall–Kier alpha value is -3.32. The van der Waals surface area contributed by atoms with Gasteiger partial charge in [0.15, 0.2) is 5.60 Å². The number of aliphatic hydroxyl groups is 1. The molecule has 0 radical (unpaired) electrons. The van der Waals surface area contributed by atoms with Crippen LogP contribution in [0.25, 0.3) is 22.3 Å². The quantitative estimate of drug-likeness (QED) is 0.473. The highest BCUT2D eigenvalue weighted by Crippen LogP contribution is 2.40. The van der Waals surface area contributed by atoms with Crippen LogP contribution in [-0.4, -0.2) is 26.4 Å². The average Bonchev–Trinajstić information content (AvgIpc) is 3.17. The third-order valence-corrected chi connectivity index (χ3v) is 6.99. The number of pyridine rings is 2. The maximum atomic E-state index is 13.4. The monoisotopic (exact) mass is 446 g/mol. The molecule has 4 heterocycles. The number of ketones is 1. The summed E-state index contributed by atoms with van der Waals surface area (Å²) in [5, 5.41) is 12.1. The van der Waals surface area contributed by atoms with E-state index in [4.69, 9.17) is 9.72 Å². The number of rotatable bonds is 5. The molecule has 0 fully saturated rings. The van der Waals surface area contributed by atoms with Crippen molar-refractivity contribution in [1.82, 2.24) is 9.55 Å². The smallest absolute Gasteiger partial charge is 0.343 e. The molecular weight excluding hydrogens is 420 g/mol. The predicted octanol–water partition coefficient (Wildman–Crippen LogP) is 3.16. The fourth-order valence-electron chi connectivity index (χ4n) is 5.09. The summed E-state index contributed by atoms with van der Waals surface area (Å²) in [6.07, 6.45) is 2.06. The minimum absolute atomic E-state index is 0.114. The molecule has 7 nitrogen and oxygen atoms in total. The van der Waals surface area contributed by atoms with E-state index in [-0.39, 0.29) is 24.4 Å². The lowest BCUT2D eigenvalue weighted by Gasteiger charge is -2.31. The van der Waals surface area contributed by atoms with E-state index in [0.717, 1.165) is 34.0 Å². The van der Waals surface area contributed by atoms with Crippen molar-refractivity contribution in [2.45, 2.75) is 65.2 Å². The molecule has 0 saturated carbocycles. The second kappa shape index (κ2) is 7.63. The molecule has 0 saturated heterocycles. The van der Waals surface area contributed by atoms with Gasteiger partial charge in [0, 0.05) is 22.9 Å². The number of carbonyl (C=O) groups is 2. The van der Waals surface area contributed by atoms with Gasteiger partial charge in [0.2, 0.25) is 0 Å². The van der Waals surface area contributed by atoms with Gasteiger partial charge in [-0.25, -0.2) is 9.78 Å². The largest absolute Gasteiger partial charge is 0.458 e. The van der Waals surface area contributed by atoms with Gasteiger partial charge < -0.3 is 19.2 Å². The van der Waals surface area contributed by atoms with Crippen molar-refractivity contribution in [1.29, 1.82) is 0 Å². The fraction of sp³-hybridized carbons (Fsp3) is 0.385. The number of nitrogens with zero attached hydrogens (tertiary/aromatic N) is 2. The number of aromatic nitrogens is 2. The topological polar surface area (TPSA) is 98.5 Å².